The van der Waals surface area contributed by atoms with Gasteiger partial charge in [0, 0.05) is 11.6 Å². The van der Waals surface area contributed by atoms with Crippen molar-refractivity contribution in [3.63, 3.8) is 0 Å². The summed E-state index contributed by atoms with van der Waals surface area (Å²) in [7, 11) is 1.43. The molecule has 148 valence electrons. The molecule has 3 unspecified atom stereocenters. The molecule has 28 heavy (non-hydrogen) atoms. The van der Waals surface area contributed by atoms with Crippen molar-refractivity contribution in [2.75, 3.05) is 7.11 Å². The van der Waals surface area contributed by atoms with E-state index in [9.17, 15) is 14.3 Å². The van der Waals surface area contributed by atoms with Crippen molar-refractivity contribution in [3.8, 4) is 11.5 Å². The number of aromatic hydroxyl groups is 1. The smallest absolute Gasteiger partial charge is 0.309 e. The normalized spacial score (nSPS) is 20.6. The second-order valence-corrected chi connectivity index (χ2v) is 7.89. The first kappa shape index (κ1) is 18.8. The highest BCUT2D eigenvalue weighted by molar-refractivity contribution is 5.73. The summed E-state index contributed by atoms with van der Waals surface area (Å²) in [5, 5.41) is 9.45. The van der Waals surface area contributed by atoms with Gasteiger partial charge in [-0.2, -0.15) is 0 Å². The summed E-state index contributed by atoms with van der Waals surface area (Å²) >= 11 is 0. The number of halogens is 1. The Morgan fingerprint density at radius 2 is 2.00 bits per heavy atom. The van der Waals surface area contributed by atoms with E-state index in [2.05, 4.69) is 12.1 Å². The van der Waals surface area contributed by atoms with Crippen LogP contribution in [-0.4, -0.2) is 18.2 Å². The molecule has 0 saturated heterocycles. The van der Waals surface area contributed by atoms with Crippen LogP contribution in [0.5, 0.6) is 11.5 Å². The molecule has 1 N–H and O–H groups in total. The molecule has 4 nitrogen and oxygen atoms in total. The summed E-state index contributed by atoms with van der Waals surface area (Å²) in [6.45, 7) is 1.92. The summed E-state index contributed by atoms with van der Waals surface area (Å²) in [6.07, 6.45) is 3.32. The summed E-state index contributed by atoms with van der Waals surface area (Å²) in [4.78, 5) is 12.1. The number of esters is 1. The average molecular weight is 384 g/mol. The van der Waals surface area contributed by atoms with Gasteiger partial charge in [-0.3, -0.25) is 4.79 Å². The highest BCUT2D eigenvalue weighted by Crippen LogP contribution is 2.48. The van der Waals surface area contributed by atoms with Crippen LogP contribution in [0.15, 0.2) is 36.4 Å². The topological polar surface area (TPSA) is 55.8 Å². The van der Waals surface area contributed by atoms with Gasteiger partial charge in [0.25, 0.3) is 0 Å². The quantitative estimate of drug-likeness (QED) is 0.745. The molecule has 0 spiro atoms. The molecule has 1 aliphatic carbocycles. The van der Waals surface area contributed by atoms with Gasteiger partial charge in [0.2, 0.25) is 0 Å². The molecular weight excluding hydrogens is 359 g/mol. The predicted molar refractivity (Wildman–Crippen MR) is 103 cm³/mol. The Bertz CT molecular complexity index is 890. The van der Waals surface area contributed by atoms with E-state index in [0.29, 0.717) is 17.9 Å². The van der Waals surface area contributed by atoms with E-state index < -0.39 is 5.82 Å². The van der Waals surface area contributed by atoms with E-state index in [0.717, 1.165) is 42.2 Å². The number of carbonyl (C=O) groups is 1. The van der Waals surface area contributed by atoms with Crippen LogP contribution in [0.3, 0.4) is 0 Å². The van der Waals surface area contributed by atoms with E-state index in [1.807, 2.05) is 13.0 Å². The Morgan fingerprint density at radius 3 is 2.68 bits per heavy atom. The van der Waals surface area contributed by atoms with Crippen LogP contribution in [0.4, 0.5) is 4.39 Å². The van der Waals surface area contributed by atoms with Crippen molar-refractivity contribution in [3.05, 3.63) is 58.9 Å². The fraction of sp³-hybridized carbons (Fsp3) is 0.435. The van der Waals surface area contributed by atoms with E-state index in [-0.39, 0.29) is 29.7 Å². The zero-order valence-electron chi connectivity index (χ0n) is 16.2. The fourth-order valence-corrected chi connectivity index (χ4v) is 4.35. The Hall–Kier alpha value is -2.56. The molecule has 2 aliphatic rings. The number of fused-ring (bicyclic) bond motifs is 1. The van der Waals surface area contributed by atoms with Gasteiger partial charge in [-0.1, -0.05) is 19.1 Å². The molecule has 4 rings (SSSR count). The summed E-state index contributed by atoms with van der Waals surface area (Å²) in [5.74, 6) is 0.379. The van der Waals surface area contributed by atoms with Crippen molar-refractivity contribution in [2.45, 2.75) is 44.6 Å². The monoisotopic (exact) mass is 384 g/mol. The van der Waals surface area contributed by atoms with Gasteiger partial charge in [-0.05, 0) is 66.8 Å². The average Bonchev–Trinajstić information content (AvgIpc) is 3.52. The first-order valence-electron chi connectivity index (χ1n) is 9.83. The van der Waals surface area contributed by atoms with Crippen molar-refractivity contribution in [1.82, 2.24) is 0 Å². The van der Waals surface area contributed by atoms with E-state index >= 15 is 0 Å². The predicted octanol–water partition coefficient (Wildman–Crippen LogP) is 4.90. The lowest BCUT2D eigenvalue weighted by atomic mass is 9.82. The maximum atomic E-state index is 14.3. The van der Waals surface area contributed by atoms with E-state index in [1.165, 1.54) is 13.2 Å². The lowest BCUT2D eigenvalue weighted by molar-refractivity contribution is -0.145. The molecule has 0 radical (unpaired) electrons. The lowest BCUT2D eigenvalue weighted by Gasteiger charge is -2.29. The van der Waals surface area contributed by atoms with Gasteiger partial charge in [0.15, 0.2) is 0 Å². The van der Waals surface area contributed by atoms with Crippen LogP contribution in [0.1, 0.15) is 54.9 Å². The number of hydrogen-bond acceptors (Lipinski definition) is 4. The summed E-state index contributed by atoms with van der Waals surface area (Å²) < 4.78 is 25.4. The van der Waals surface area contributed by atoms with Gasteiger partial charge in [0.05, 0.1) is 13.0 Å². The molecule has 0 bridgehead atoms. The number of ether oxygens (including phenoxy) is 2. The minimum atomic E-state index is -0.459. The molecule has 1 fully saturated rings. The van der Waals surface area contributed by atoms with Crippen molar-refractivity contribution < 1.29 is 23.8 Å². The second kappa shape index (κ2) is 7.46. The van der Waals surface area contributed by atoms with Gasteiger partial charge >= 0.3 is 5.97 Å². The Labute approximate surface area is 164 Å². The molecule has 2 aromatic rings. The van der Waals surface area contributed by atoms with Gasteiger partial charge in [-0.25, -0.2) is 4.39 Å². The van der Waals surface area contributed by atoms with Gasteiger partial charge in [-0.15, -0.1) is 0 Å². The third-order valence-electron chi connectivity index (χ3n) is 5.99. The number of rotatable bonds is 5. The first-order chi connectivity index (χ1) is 13.5. The second-order valence-electron chi connectivity index (χ2n) is 7.89. The Morgan fingerprint density at radius 1 is 1.21 bits per heavy atom. The maximum Gasteiger partial charge on any atom is 0.309 e. The lowest BCUT2D eigenvalue weighted by Crippen LogP contribution is -2.23. The minimum absolute atomic E-state index is 0.0937. The van der Waals surface area contributed by atoms with Crippen LogP contribution in [-0.2, 0) is 16.0 Å². The SMILES string of the molecule is COC(=O)C(C)C(c1ccc2c(c1)OC(c1ccc(O)cc1F)CC2)C1CC1. The Kier molecular flexibility index (Phi) is 5.00. The molecule has 0 aromatic heterocycles. The molecule has 5 heteroatoms. The van der Waals surface area contributed by atoms with E-state index in [1.54, 1.807) is 6.07 Å². The number of carbonyl (C=O) groups excluding carboxylic acids is 1. The van der Waals surface area contributed by atoms with Crippen LogP contribution >= 0.6 is 0 Å². The zero-order valence-corrected chi connectivity index (χ0v) is 16.2. The molecule has 1 saturated carbocycles. The van der Waals surface area contributed by atoms with Crippen LogP contribution in [0.2, 0.25) is 0 Å². The van der Waals surface area contributed by atoms with Crippen LogP contribution in [0, 0.1) is 17.7 Å². The number of hydrogen-bond donors (Lipinski definition) is 1. The first-order valence-corrected chi connectivity index (χ1v) is 9.83. The number of phenols is 1. The number of methoxy groups -OCH3 is 1. The number of aryl methyl sites for hydroxylation is 1. The number of phenolic OH excluding ortho intramolecular Hbond substituents is 1. The van der Waals surface area contributed by atoms with Crippen LogP contribution in [0.25, 0.3) is 0 Å². The van der Waals surface area contributed by atoms with Crippen molar-refractivity contribution in [2.24, 2.45) is 11.8 Å². The fourth-order valence-electron chi connectivity index (χ4n) is 4.35. The molecule has 1 heterocycles. The maximum absolute atomic E-state index is 14.3. The summed E-state index contributed by atoms with van der Waals surface area (Å²) in [5.41, 5.74) is 2.63. The number of benzene rings is 2. The van der Waals surface area contributed by atoms with Gasteiger partial charge < -0.3 is 14.6 Å². The molecule has 3 atom stereocenters. The standard InChI is InChI=1S/C23H25FO4/c1-13(23(26)27-2)22(15-4-5-15)16-6-3-14-7-10-20(28-21(14)11-16)18-9-8-17(25)12-19(18)24/h3,6,8-9,11-13,15,20,22,25H,4-5,7,10H2,1-2H3. The Balaban J connectivity index is 1.62. The molecule has 2 aromatic carbocycles. The largest absolute Gasteiger partial charge is 0.508 e. The van der Waals surface area contributed by atoms with Gasteiger partial charge in [0.1, 0.15) is 23.4 Å². The van der Waals surface area contributed by atoms with E-state index in [4.69, 9.17) is 9.47 Å². The zero-order chi connectivity index (χ0) is 19.8. The van der Waals surface area contributed by atoms with Crippen molar-refractivity contribution in [1.29, 1.82) is 0 Å². The van der Waals surface area contributed by atoms with Crippen LogP contribution < -0.4 is 4.74 Å². The minimum Gasteiger partial charge on any atom is -0.508 e. The third kappa shape index (κ3) is 3.58. The third-order valence-corrected chi connectivity index (χ3v) is 5.99. The molecule has 1 aliphatic heterocycles. The highest BCUT2D eigenvalue weighted by Gasteiger charge is 2.39. The molecular formula is C23H25FO4. The van der Waals surface area contributed by atoms with Crippen molar-refractivity contribution >= 4 is 5.97 Å². The molecule has 0 amide bonds. The summed E-state index contributed by atoms with van der Waals surface area (Å²) in [6, 6.07) is 10.3. The highest BCUT2D eigenvalue weighted by atomic mass is 19.1.